The van der Waals surface area contributed by atoms with Crippen molar-refractivity contribution < 1.29 is 9.53 Å². The second-order valence-electron chi connectivity index (χ2n) is 7.78. The van der Waals surface area contributed by atoms with Crippen LogP contribution in [0.1, 0.15) is 37.8 Å². The van der Waals surface area contributed by atoms with Crippen LogP contribution in [0.2, 0.25) is 0 Å². The molecule has 1 heterocycles. The number of hydrogen-bond acceptors (Lipinski definition) is 3. The molecule has 2 aliphatic rings. The van der Waals surface area contributed by atoms with E-state index >= 15 is 0 Å². The highest BCUT2D eigenvalue weighted by Gasteiger charge is 2.70. The van der Waals surface area contributed by atoms with Crippen LogP contribution in [0.5, 0.6) is 0 Å². The fraction of sp³-hybridized carbons (Fsp3) is 0.632. The highest BCUT2D eigenvalue weighted by atomic mass is 35.5. The molecule has 2 fully saturated rings. The molecule has 1 amide bonds. The molecule has 1 aliphatic heterocycles. The Kier molecular flexibility index (Phi) is 5.34. The molecule has 1 aliphatic carbocycles. The zero-order valence-corrected chi connectivity index (χ0v) is 15.9. The van der Waals surface area contributed by atoms with Crippen molar-refractivity contribution in [2.45, 2.75) is 51.8 Å². The van der Waals surface area contributed by atoms with E-state index in [4.69, 9.17) is 10.5 Å². The van der Waals surface area contributed by atoms with Gasteiger partial charge >= 0.3 is 0 Å². The topological polar surface area (TPSA) is 55.6 Å². The first-order valence-electron chi connectivity index (χ1n) is 8.50. The number of nitrogens with two attached hydrogens (primary N) is 1. The summed E-state index contributed by atoms with van der Waals surface area (Å²) < 4.78 is 5.90. The van der Waals surface area contributed by atoms with E-state index in [0.29, 0.717) is 6.54 Å². The summed E-state index contributed by atoms with van der Waals surface area (Å²) in [5.41, 5.74) is 7.89. The molecule has 5 heteroatoms. The molecule has 1 saturated heterocycles. The summed E-state index contributed by atoms with van der Waals surface area (Å²) in [6.07, 6.45) is 2.08. The highest BCUT2D eigenvalue weighted by molar-refractivity contribution is 5.89. The van der Waals surface area contributed by atoms with E-state index in [1.54, 1.807) is 4.90 Å². The normalized spacial score (nSPS) is 30.5. The minimum Gasteiger partial charge on any atom is -0.377 e. The van der Waals surface area contributed by atoms with E-state index in [1.165, 1.54) is 5.56 Å². The maximum absolute atomic E-state index is 13.2. The zero-order valence-electron chi connectivity index (χ0n) is 15.0. The molecule has 0 spiro atoms. The minimum absolute atomic E-state index is 0. The van der Waals surface area contributed by atoms with Crippen molar-refractivity contribution >= 4 is 18.3 Å². The van der Waals surface area contributed by atoms with Crippen LogP contribution in [0.4, 0.5) is 0 Å². The van der Waals surface area contributed by atoms with Gasteiger partial charge in [-0.05, 0) is 25.3 Å². The molecule has 1 saturated carbocycles. The van der Waals surface area contributed by atoms with Crippen LogP contribution >= 0.6 is 12.4 Å². The van der Waals surface area contributed by atoms with Crippen molar-refractivity contribution in [2.75, 3.05) is 13.7 Å². The molecule has 2 N–H and O–H groups in total. The number of nitrogens with zero attached hydrogens (tertiary/aromatic N) is 1. The summed E-state index contributed by atoms with van der Waals surface area (Å²) in [5, 5.41) is 0. The van der Waals surface area contributed by atoms with Gasteiger partial charge in [0.1, 0.15) is 5.54 Å². The Bertz CT molecular complexity index is 619. The number of carbonyl (C=O) groups is 1. The minimum atomic E-state index is -0.823. The first-order valence-corrected chi connectivity index (χ1v) is 8.50. The molecule has 0 radical (unpaired) electrons. The fourth-order valence-corrected chi connectivity index (χ4v) is 4.48. The summed E-state index contributed by atoms with van der Waals surface area (Å²) in [6, 6.07) is 8.26. The number of ether oxygens (including phenoxy) is 1. The molecule has 24 heavy (non-hydrogen) atoms. The average Bonchev–Trinajstić information content (AvgIpc) is 2.53. The molecule has 3 unspecified atom stereocenters. The van der Waals surface area contributed by atoms with Gasteiger partial charge in [-0.25, -0.2) is 0 Å². The Balaban J connectivity index is 0.00000208. The van der Waals surface area contributed by atoms with E-state index in [9.17, 15) is 4.79 Å². The third kappa shape index (κ3) is 2.75. The predicted molar refractivity (Wildman–Crippen MR) is 98.1 cm³/mol. The van der Waals surface area contributed by atoms with Crippen LogP contribution in [-0.4, -0.2) is 36.1 Å². The van der Waals surface area contributed by atoms with Crippen LogP contribution in [0.25, 0.3) is 0 Å². The fourth-order valence-electron chi connectivity index (χ4n) is 4.48. The number of amides is 1. The maximum Gasteiger partial charge on any atom is 0.243 e. The molecule has 0 bridgehead atoms. The third-order valence-electron chi connectivity index (χ3n) is 5.89. The van der Waals surface area contributed by atoms with Crippen molar-refractivity contribution in [1.29, 1.82) is 0 Å². The Morgan fingerprint density at radius 3 is 2.79 bits per heavy atom. The molecule has 0 aromatic heterocycles. The number of halogens is 1. The lowest BCUT2D eigenvalue weighted by Gasteiger charge is -2.65. The Morgan fingerprint density at radius 2 is 2.12 bits per heavy atom. The van der Waals surface area contributed by atoms with Gasteiger partial charge in [-0.3, -0.25) is 4.79 Å². The van der Waals surface area contributed by atoms with Crippen LogP contribution in [0.15, 0.2) is 24.3 Å². The monoisotopic (exact) mass is 352 g/mol. The van der Waals surface area contributed by atoms with Crippen LogP contribution < -0.4 is 5.73 Å². The van der Waals surface area contributed by atoms with Gasteiger partial charge in [-0.15, -0.1) is 12.4 Å². The number of aryl methyl sites for hydroxylation is 1. The summed E-state index contributed by atoms with van der Waals surface area (Å²) in [7, 11) is 1.85. The van der Waals surface area contributed by atoms with Gasteiger partial charge in [0.15, 0.2) is 0 Å². The van der Waals surface area contributed by atoms with Crippen LogP contribution in [-0.2, 0) is 16.1 Å². The molecule has 1 aromatic carbocycles. The maximum atomic E-state index is 13.2. The van der Waals surface area contributed by atoms with Crippen LogP contribution in [0.3, 0.4) is 0 Å². The van der Waals surface area contributed by atoms with E-state index in [2.05, 4.69) is 39.0 Å². The second kappa shape index (κ2) is 6.66. The van der Waals surface area contributed by atoms with Gasteiger partial charge in [0.25, 0.3) is 0 Å². The van der Waals surface area contributed by atoms with E-state index in [-0.39, 0.29) is 35.8 Å². The van der Waals surface area contributed by atoms with E-state index in [0.717, 1.165) is 25.0 Å². The van der Waals surface area contributed by atoms with Gasteiger partial charge in [0.05, 0.1) is 6.10 Å². The Hall–Kier alpha value is -1.10. The molecular weight excluding hydrogens is 324 g/mol. The first kappa shape index (κ1) is 19.2. The number of benzene rings is 1. The largest absolute Gasteiger partial charge is 0.377 e. The van der Waals surface area contributed by atoms with Crippen molar-refractivity contribution in [3.8, 4) is 0 Å². The van der Waals surface area contributed by atoms with Crippen molar-refractivity contribution in [3.63, 3.8) is 0 Å². The second-order valence-corrected chi connectivity index (χ2v) is 7.78. The van der Waals surface area contributed by atoms with E-state index < -0.39 is 5.54 Å². The number of rotatable bonds is 3. The summed E-state index contributed by atoms with van der Waals surface area (Å²) >= 11 is 0. The Morgan fingerprint density at radius 1 is 1.42 bits per heavy atom. The van der Waals surface area contributed by atoms with Gasteiger partial charge in [0.2, 0.25) is 5.91 Å². The molecule has 1 aromatic rings. The van der Waals surface area contributed by atoms with Gasteiger partial charge in [0, 0.05) is 31.5 Å². The van der Waals surface area contributed by atoms with Crippen LogP contribution in [0, 0.1) is 18.3 Å². The average molecular weight is 353 g/mol. The summed E-state index contributed by atoms with van der Waals surface area (Å²) in [5.74, 6) is 0.175. The lowest BCUT2D eigenvalue weighted by molar-refractivity contribution is -0.229. The summed E-state index contributed by atoms with van der Waals surface area (Å²) in [4.78, 5) is 14.9. The van der Waals surface area contributed by atoms with Gasteiger partial charge in [-0.2, -0.15) is 0 Å². The molecule has 4 nitrogen and oxygen atoms in total. The quantitative estimate of drug-likeness (QED) is 0.910. The summed E-state index contributed by atoms with van der Waals surface area (Å²) in [6.45, 7) is 7.58. The number of likely N-dealkylation sites (N-methyl/N-ethyl adjacent to an activating group) is 1. The van der Waals surface area contributed by atoms with Gasteiger partial charge in [-0.1, -0.05) is 43.7 Å². The first-order chi connectivity index (χ1) is 10.8. The lowest BCUT2D eigenvalue weighted by atomic mass is 9.46. The number of hydrogen-bond donors (Lipinski definition) is 1. The zero-order chi connectivity index (χ0) is 16.8. The Labute approximate surface area is 151 Å². The molecule has 3 rings (SSSR count). The van der Waals surface area contributed by atoms with Gasteiger partial charge < -0.3 is 15.4 Å². The molecule has 134 valence electrons. The number of fused-ring (bicyclic) bond motifs is 1. The van der Waals surface area contributed by atoms with Crippen molar-refractivity contribution in [1.82, 2.24) is 4.90 Å². The van der Waals surface area contributed by atoms with Crippen molar-refractivity contribution in [3.05, 3.63) is 35.4 Å². The lowest BCUT2D eigenvalue weighted by Crippen LogP contribution is -2.82. The highest BCUT2D eigenvalue weighted by Crippen LogP contribution is 2.57. The standard InChI is InChI=1S/C19H28N2O2.ClH/c1-13-7-5-8-14(11-13)12-21(4)17(22)19(20)15-9-6-10-23-16(15)18(19,2)3;/h5,7-8,11,15-16H,6,9-10,12,20H2,1-4H3;1H. The van der Waals surface area contributed by atoms with Crippen molar-refractivity contribution in [2.24, 2.45) is 17.1 Å². The molecular formula is C19H29ClN2O2. The SMILES string of the molecule is Cc1cccc(CN(C)C(=O)C2(N)C3CCCOC3C2(C)C)c1.Cl. The van der Waals surface area contributed by atoms with E-state index in [1.807, 2.05) is 13.1 Å². The third-order valence-corrected chi connectivity index (χ3v) is 5.89. The molecule has 3 atom stereocenters. The number of carbonyl (C=O) groups excluding carboxylic acids is 1. The predicted octanol–water partition coefficient (Wildman–Crippen LogP) is 2.91. The smallest absolute Gasteiger partial charge is 0.243 e.